The first-order valence-corrected chi connectivity index (χ1v) is 8.89. The van der Waals surface area contributed by atoms with E-state index < -0.39 is 16.4 Å². The number of phenolic OH excluding ortho intramolecular Hbond substituents is 1. The first kappa shape index (κ1) is 18.3. The second-order valence-electron chi connectivity index (χ2n) is 6.01. The molecule has 0 aliphatic heterocycles. The highest BCUT2D eigenvalue weighted by Gasteiger charge is 2.14. The van der Waals surface area contributed by atoms with Crippen LogP contribution in [0.25, 0.3) is 22.9 Å². The third-order valence-electron chi connectivity index (χ3n) is 4.16. The Bertz CT molecular complexity index is 1110. The maximum atomic E-state index is 11.0. The van der Waals surface area contributed by atoms with E-state index in [4.69, 9.17) is 0 Å². The highest BCUT2D eigenvalue weighted by atomic mass is 32.1. The van der Waals surface area contributed by atoms with Crippen molar-refractivity contribution in [2.24, 2.45) is 0 Å². The Labute approximate surface area is 159 Å². The fourth-order valence-electron chi connectivity index (χ4n) is 2.52. The molecule has 134 valence electrons. The highest BCUT2D eigenvalue weighted by molar-refractivity contribution is 7.11. The smallest absolute Gasteiger partial charge is 0.311 e. The summed E-state index contributed by atoms with van der Waals surface area (Å²) >= 11 is 1.33. The van der Waals surface area contributed by atoms with Gasteiger partial charge in [-0.3, -0.25) is 10.1 Å². The molecule has 2 aromatic carbocycles. The van der Waals surface area contributed by atoms with E-state index in [2.05, 4.69) is 11.1 Å². The third kappa shape index (κ3) is 3.86. The van der Waals surface area contributed by atoms with Crippen LogP contribution in [0.3, 0.4) is 0 Å². The molecule has 0 atom stereocenters. The standard InChI is InChI=1S/C20H15N3O3S/c1-12-3-5-15(7-13(12)2)17-11-27-20(22-17)16(10-21)8-14-4-6-19(24)18(9-14)23(25)26/h3-9,11,24H,1-2H3/b16-8+. The molecule has 0 saturated heterocycles. The predicted octanol–water partition coefficient (Wildman–Crippen LogP) is 5.10. The summed E-state index contributed by atoms with van der Waals surface area (Å²) in [6.07, 6.45) is 1.52. The summed E-state index contributed by atoms with van der Waals surface area (Å²) in [5, 5.41) is 32.4. The summed E-state index contributed by atoms with van der Waals surface area (Å²) in [6, 6.07) is 12.1. The second kappa shape index (κ2) is 7.40. The molecule has 0 unspecified atom stereocenters. The van der Waals surface area contributed by atoms with Crippen molar-refractivity contribution in [2.45, 2.75) is 13.8 Å². The number of nitro benzene ring substituents is 1. The molecule has 3 rings (SSSR count). The molecule has 0 amide bonds. The van der Waals surface area contributed by atoms with Crippen LogP contribution in [0, 0.1) is 35.3 Å². The van der Waals surface area contributed by atoms with Gasteiger partial charge in [-0.25, -0.2) is 4.98 Å². The van der Waals surface area contributed by atoms with Gasteiger partial charge >= 0.3 is 5.69 Å². The van der Waals surface area contributed by atoms with Crippen LogP contribution in [0.5, 0.6) is 5.75 Å². The maximum absolute atomic E-state index is 11.0. The lowest BCUT2D eigenvalue weighted by molar-refractivity contribution is -0.385. The van der Waals surface area contributed by atoms with Gasteiger partial charge in [-0.15, -0.1) is 11.3 Å². The number of hydrogen-bond donors (Lipinski definition) is 1. The number of nitriles is 1. The van der Waals surface area contributed by atoms with Crippen LogP contribution in [0.15, 0.2) is 41.8 Å². The molecule has 3 aromatic rings. The fourth-order valence-corrected chi connectivity index (χ4v) is 3.31. The van der Waals surface area contributed by atoms with E-state index in [-0.39, 0.29) is 0 Å². The van der Waals surface area contributed by atoms with Gasteiger partial charge in [0.25, 0.3) is 0 Å². The quantitative estimate of drug-likeness (QED) is 0.387. The zero-order chi connectivity index (χ0) is 19.6. The highest BCUT2D eigenvalue weighted by Crippen LogP contribution is 2.31. The Balaban J connectivity index is 1.97. The largest absolute Gasteiger partial charge is 0.502 e. The lowest BCUT2D eigenvalue weighted by Crippen LogP contribution is -1.89. The van der Waals surface area contributed by atoms with Crippen LogP contribution >= 0.6 is 11.3 Å². The topological polar surface area (TPSA) is 100 Å². The van der Waals surface area contributed by atoms with Crippen LogP contribution in [0.1, 0.15) is 21.7 Å². The normalized spacial score (nSPS) is 11.2. The van der Waals surface area contributed by atoms with E-state index in [0.29, 0.717) is 16.1 Å². The number of nitro groups is 1. The average Bonchev–Trinajstić information content (AvgIpc) is 3.13. The molecule has 0 radical (unpaired) electrons. The van der Waals surface area contributed by atoms with E-state index in [1.807, 2.05) is 37.4 Å². The number of benzene rings is 2. The molecule has 6 nitrogen and oxygen atoms in total. The van der Waals surface area contributed by atoms with E-state index >= 15 is 0 Å². The summed E-state index contributed by atoms with van der Waals surface area (Å²) in [6.45, 7) is 4.07. The van der Waals surface area contributed by atoms with Gasteiger partial charge < -0.3 is 5.11 Å². The SMILES string of the molecule is Cc1ccc(-c2csc(/C(C#N)=C/c3ccc(O)c([N+](=O)[O-])c3)n2)cc1C. The lowest BCUT2D eigenvalue weighted by Gasteiger charge is -2.02. The van der Waals surface area contributed by atoms with Crippen molar-refractivity contribution in [1.82, 2.24) is 4.98 Å². The van der Waals surface area contributed by atoms with Gasteiger partial charge in [-0.1, -0.05) is 18.2 Å². The van der Waals surface area contributed by atoms with Crippen molar-refractivity contribution < 1.29 is 10.0 Å². The van der Waals surface area contributed by atoms with E-state index in [9.17, 15) is 20.5 Å². The molecular formula is C20H15N3O3S. The number of thiazole rings is 1. The monoisotopic (exact) mass is 377 g/mol. The molecule has 27 heavy (non-hydrogen) atoms. The van der Waals surface area contributed by atoms with Gasteiger partial charge in [-0.05, 0) is 48.7 Å². The Morgan fingerprint density at radius 1 is 1.26 bits per heavy atom. The number of aryl methyl sites for hydroxylation is 2. The minimum atomic E-state index is -0.667. The molecule has 1 aromatic heterocycles. The van der Waals surface area contributed by atoms with Crippen molar-refractivity contribution in [3.05, 3.63) is 73.6 Å². The molecule has 1 heterocycles. The Morgan fingerprint density at radius 3 is 2.70 bits per heavy atom. The Hall–Kier alpha value is -3.50. The molecule has 0 spiro atoms. The molecular weight excluding hydrogens is 362 g/mol. The Kier molecular flexibility index (Phi) is 5.01. The van der Waals surface area contributed by atoms with Gasteiger partial charge in [-0.2, -0.15) is 5.26 Å². The summed E-state index contributed by atoms with van der Waals surface area (Å²) in [4.78, 5) is 14.8. The number of rotatable bonds is 4. The minimum absolute atomic E-state index is 0.301. The number of allylic oxidation sites excluding steroid dienone is 1. The number of phenols is 1. The van der Waals surface area contributed by atoms with Gasteiger partial charge in [0.05, 0.1) is 16.2 Å². The van der Waals surface area contributed by atoms with Gasteiger partial charge in [0.1, 0.15) is 11.1 Å². The maximum Gasteiger partial charge on any atom is 0.311 e. The lowest BCUT2D eigenvalue weighted by atomic mass is 10.1. The predicted molar refractivity (Wildman–Crippen MR) is 105 cm³/mol. The van der Waals surface area contributed by atoms with Gasteiger partial charge in [0, 0.05) is 17.0 Å². The molecule has 0 bridgehead atoms. The van der Waals surface area contributed by atoms with Crippen molar-refractivity contribution in [3.8, 4) is 23.1 Å². The zero-order valence-electron chi connectivity index (χ0n) is 14.6. The van der Waals surface area contributed by atoms with Crippen molar-refractivity contribution in [2.75, 3.05) is 0 Å². The van der Waals surface area contributed by atoms with Crippen LogP contribution < -0.4 is 0 Å². The first-order chi connectivity index (χ1) is 12.9. The summed E-state index contributed by atoms with van der Waals surface area (Å²) in [7, 11) is 0. The van der Waals surface area contributed by atoms with E-state index in [1.54, 1.807) is 0 Å². The third-order valence-corrected chi connectivity index (χ3v) is 5.04. The number of hydrogen-bond acceptors (Lipinski definition) is 6. The minimum Gasteiger partial charge on any atom is -0.502 e. The molecule has 0 fully saturated rings. The molecule has 7 heteroatoms. The molecule has 1 N–H and O–H groups in total. The van der Waals surface area contributed by atoms with Crippen LogP contribution in [0.2, 0.25) is 0 Å². The van der Waals surface area contributed by atoms with Crippen molar-refractivity contribution in [1.29, 1.82) is 5.26 Å². The summed E-state index contributed by atoms with van der Waals surface area (Å²) in [5.41, 5.74) is 4.44. The van der Waals surface area contributed by atoms with E-state index in [0.717, 1.165) is 16.8 Å². The Morgan fingerprint density at radius 2 is 2.04 bits per heavy atom. The summed E-state index contributed by atoms with van der Waals surface area (Å²) < 4.78 is 0. The number of nitrogens with zero attached hydrogens (tertiary/aromatic N) is 3. The second-order valence-corrected chi connectivity index (χ2v) is 6.87. The van der Waals surface area contributed by atoms with Crippen molar-refractivity contribution in [3.63, 3.8) is 0 Å². The molecule has 0 aliphatic carbocycles. The van der Waals surface area contributed by atoms with Gasteiger partial charge in [0.2, 0.25) is 0 Å². The number of aromatic hydroxyl groups is 1. The van der Waals surface area contributed by atoms with E-state index in [1.165, 1.54) is 41.2 Å². The molecule has 0 saturated carbocycles. The van der Waals surface area contributed by atoms with Gasteiger partial charge in [0.15, 0.2) is 5.75 Å². The van der Waals surface area contributed by atoms with Crippen LogP contribution in [0.4, 0.5) is 5.69 Å². The van der Waals surface area contributed by atoms with Crippen LogP contribution in [-0.2, 0) is 0 Å². The fraction of sp³-hybridized carbons (Fsp3) is 0.100. The zero-order valence-corrected chi connectivity index (χ0v) is 15.4. The first-order valence-electron chi connectivity index (χ1n) is 8.02. The van der Waals surface area contributed by atoms with Crippen molar-refractivity contribution >= 4 is 28.7 Å². The number of aromatic nitrogens is 1. The molecule has 0 aliphatic rings. The summed E-state index contributed by atoms with van der Waals surface area (Å²) in [5.74, 6) is -0.415. The van der Waals surface area contributed by atoms with Crippen LogP contribution in [-0.4, -0.2) is 15.0 Å². The average molecular weight is 377 g/mol.